The Morgan fingerprint density at radius 1 is 1.35 bits per heavy atom. The normalized spacial score (nSPS) is 25.7. The second kappa shape index (κ2) is 4.75. The largest absolute Gasteiger partial charge is 0.397 e. The molecule has 3 nitrogen and oxygen atoms in total. The zero-order valence-electron chi connectivity index (χ0n) is 10.1. The molecule has 1 heterocycles. The van der Waals surface area contributed by atoms with Crippen LogP contribution in [0.25, 0.3) is 0 Å². The average molecular weight is 255 g/mol. The number of nitrogens with two attached hydrogens (primary N) is 1. The molecule has 94 valence electrons. The predicted molar refractivity (Wildman–Crippen MR) is 72.6 cm³/mol. The van der Waals surface area contributed by atoms with Crippen molar-refractivity contribution >= 4 is 23.0 Å². The average Bonchev–Trinajstić information content (AvgIpc) is 2.43. The van der Waals surface area contributed by atoms with Crippen LogP contribution in [0.1, 0.15) is 26.2 Å². The van der Waals surface area contributed by atoms with Gasteiger partial charge in [0.05, 0.1) is 17.0 Å². The number of hydrogen-bond donors (Lipinski definition) is 2. The highest BCUT2D eigenvalue weighted by atomic mass is 35.5. The molecule has 17 heavy (non-hydrogen) atoms. The van der Waals surface area contributed by atoms with Crippen molar-refractivity contribution in [1.82, 2.24) is 0 Å². The Balaban J connectivity index is 2.19. The van der Waals surface area contributed by atoms with Gasteiger partial charge >= 0.3 is 0 Å². The van der Waals surface area contributed by atoms with Crippen LogP contribution in [0.2, 0.25) is 5.02 Å². The quantitative estimate of drug-likeness (QED) is 0.758. The summed E-state index contributed by atoms with van der Waals surface area (Å²) in [5.74, 6) is 0. The molecule has 1 aromatic rings. The lowest BCUT2D eigenvalue weighted by atomic mass is 9.98. The van der Waals surface area contributed by atoms with E-state index in [-0.39, 0.29) is 0 Å². The van der Waals surface area contributed by atoms with Crippen molar-refractivity contribution in [3.05, 3.63) is 23.2 Å². The summed E-state index contributed by atoms with van der Waals surface area (Å²) in [6.07, 6.45) is 2.57. The third kappa shape index (κ3) is 3.05. The van der Waals surface area contributed by atoms with Crippen LogP contribution < -0.4 is 10.6 Å². The number of nitrogens with zero attached hydrogens (tertiary/aromatic N) is 1. The van der Waals surface area contributed by atoms with Gasteiger partial charge in [-0.05, 0) is 44.4 Å². The van der Waals surface area contributed by atoms with Gasteiger partial charge in [0.25, 0.3) is 0 Å². The number of aliphatic hydroxyl groups is 1. The Kier molecular flexibility index (Phi) is 3.50. The Bertz CT molecular complexity index is 406. The second-order valence-electron chi connectivity index (χ2n) is 5.04. The lowest BCUT2D eigenvalue weighted by Crippen LogP contribution is -2.28. The first-order valence-electron chi connectivity index (χ1n) is 6.00. The Hall–Kier alpha value is -0.930. The number of rotatable bonds is 1. The molecule has 0 aliphatic carbocycles. The Morgan fingerprint density at radius 3 is 2.88 bits per heavy atom. The number of nitrogen functional groups attached to an aromatic ring is 1. The van der Waals surface area contributed by atoms with E-state index in [9.17, 15) is 5.11 Å². The molecule has 4 heteroatoms. The third-order valence-corrected chi connectivity index (χ3v) is 3.63. The standard InChI is InChI=1S/C13H19ClN2O/c1-13(17)5-2-7-16(8-6-13)12-9-10(14)3-4-11(12)15/h3-4,9,17H,2,5-8,15H2,1H3. The fourth-order valence-corrected chi connectivity index (χ4v) is 2.46. The molecule has 1 fully saturated rings. The van der Waals surface area contributed by atoms with Gasteiger partial charge in [-0.2, -0.15) is 0 Å². The minimum Gasteiger partial charge on any atom is -0.397 e. The van der Waals surface area contributed by atoms with E-state index >= 15 is 0 Å². The molecule has 1 aliphatic rings. The summed E-state index contributed by atoms with van der Waals surface area (Å²) >= 11 is 6.00. The van der Waals surface area contributed by atoms with Gasteiger partial charge in [-0.15, -0.1) is 0 Å². The number of anilines is 2. The summed E-state index contributed by atoms with van der Waals surface area (Å²) in [6.45, 7) is 3.63. The molecule has 0 saturated carbocycles. The van der Waals surface area contributed by atoms with Crippen molar-refractivity contribution in [2.75, 3.05) is 23.7 Å². The van der Waals surface area contributed by atoms with Gasteiger partial charge in [-0.3, -0.25) is 0 Å². The van der Waals surface area contributed by atoms with Gasteiger partial charge in [0.1, 0.15) is 0 Å². The highest BCUT2D eigenvalue weighted by Crippen LogP contribution is 2.30. The first-order valence-corrected chi connectivity index (χ1v) is 6.38. The first-order chi connectivity index (χ1) is 7.98. The van der Waals surface area contributed by atoms with Gasteiger partial charge in [0.2, 0.25) is 0 Å². The zero-order valence-corrected chi connectivity index (χ0v) is 10.9. The molecule has 1 saturated heterocycles. The van der Waals surface area contributed by atoms with Crippen LogP contribution in [0.5, 0.6) is 0 Å². The van der Waals surface area contributed by atoms with Gasteiger partial charge in [-0.1, -0.05) is 11.6 Å². The van der Waals surface area contributed by atoms with Crippen LogP contribution in [0.3, 0.4) is 0 Å². The molecule has 0 bridgehead atoms. The predicted octanol–water partition coefficient (Wildman–Crippen LogP) is 2.66. The molecule has 0 spiro atoms. The molecule has 1 atom stereocenters. The van der Waals surface area contributed by atoms with Crippen LogP contribution in [-0.4, -0.2) is 23.8 Å². The van der Waals surface area contributed by atoms with Crippen molar-refractivity contribution in [3.63, 3.8) is 0 Å². The minimum atomic E-state index is -0.553. The molecular weight excluding hydrogens is 236 g/mol. The topological polar surface area (TPSA) is 49.5 Å². The molecule has 0 amide bonds. The van der Waals surface area contributed by atoms with Gasteiger partial charge < -0.3 is 15.7 Å². The van der Waals surface area contributed by atoms with Crippen molar-refractivity contribution in [2.24, 2.45) is 0 Å². The fourth-order valence-electron chi connectivity index (χ4n) is 2.29. The Labute approximate surface area is 107 Å². The van der Waals surface area contributed by atoms with E-state index in [2.05, 4.69) is 4.90 Å². The summed E-state index contributed by atoms with van der Waals surface area (Å²) in [5, 5.41) is 10.8. The van der Waals surface area contributed by atoms with E-state index in [0.29, 0.717) is 5.02 Å². The highest BCUT2D eigenvalue weighted by molar-refractivity contribution is 6.31. The summed E-state index contributed by atoms with van der Waals surface area (Å²) in [7, 11) is 0. The van der Waals surface area contributed by atoms with Crippen LogP contribution in [0.15, 0.2) is 18.2 Å². The van der Waals surface area contributed by atoms with Gasteiger partial charge in [-0.25, -0.2) is 0 Å². The van der Waals surface area contributed by atoms with Crippen molar-refractivity contribution < 1.29 is 5.11 Å². The van der Waals surface area contributed by atoms with Crippen LogP contribution in [0, 0.1) is 0 Å². The molecule has 1 aliphatic heterocycles. The third-order valence-electron chi connectivity index (χ3n) is 3.40. The number of hydrogen-bond acceptors (Lipinski definition) is 3. The van der Waals surface area contributed by atoms with E-state index < -0.39 is 5.60 Å². The smallest absolute Gasteiger partial charge is 0.0637 e. The van der Waals surface area contributed by atoms with Crippen molar-refractivity contribution in [2.45, 2.75) is 31.8 Å². The summed E-state index contributed by atoms with van der Waals surface area (Å²) in [4.78, 5) is 2.21. The molecular formula is C13H19ClN2O. The number of benzene rings is 1. The highest BCUT2D eigenvalue weighted by Gasteiger charge is 2.25. The lowest BCUT2D eigenvalue weighted by Gasteiger charge is -2.25. The zero-order chi connectivity index (χ0) is 12.5. The minimum absolute atomic E-state index is 0.553. The summed E-state index contributed by atoms with van der Waals surface area (Å²) < 4.78 is 0. The van der Waals surface area contributed by atoms with Gasteiger partial charge in [0.15, 0.2) is 0 Å². The first kappa shape index (κ1) is 12.5. The molecule has 3 N–H and O–H groups in total. The van der Waals surface area contributed by atoms with E-state index in [1.54, 1.807) is 6.07 Å². The molecule has 0 aromatic heterocycles. The summed E-state index contributed by atoms with van der Waals surface area (Å²) in [5.41, 5.74) is 7.15. The maximum atomic E-state index is 10.1. The molecule has 1 aromatic carbocycles. The second-order valence-corrected chi connectivity index (χ2v) is 5.48. The van der Waals surface area contributed by atoms with E-state index in [4.69, 9.17) is 17.3 Å². The van der Waals surface area contributed by atoms with E-state index in [0.717, 1.165) is 43.7 Å². The molecule has 2 rings (SSSR count). The maximum Gasteiger partial charge on any atom is 0.0637 e. The van der Waals surface area contributed by atoms with E-state index in [1.165, 1.54) is 0 Å². The van der Waals surface area contributed by atoms with Crippen molar-refractivity contribution in [3.8, 4) is 0 Å². The Morgan fingerprint density at radius 2 is 2.12 bits per heavy atom. The van der Waals surface area contributed by atoms with Crippen LogP contribution >= 0.6 is 11.6 Å². The monoisotopic (exact) mass is 254 g/mol. The molecule has 1 unspecified atom stereocenters. The summed E-state index contributed by atoms with van der Waals surface area (Å²) in [6, 6.07) is 5.53. The van der Waals surface area contributed by atoms with Gasteiger partial charge in [0, 0.05) is 18.1 Å². The van der Waals surface area contributed by atoms with Crippen molar-refractivity contribution in [1.29, 1.82) is 0 Å². The van der Waals surface area contributed by atoms with E-state index in [1.807, 2.05) is 19.1 Å². The fraction of sp³-hybridized carbons (Fsp3) is 0.538. The van der Waals surface area contributed by atoms with Crippen LogP contribution in [-0.2, 0) is 0 Å². The SMILES string of the molecule is CC1(O)CCCN(c2cc(Cl)ccc2N)CC1. The van der Waals surface area contributed by atoms with Crippen LogP contribution in [0.4, 0.5) is 11.4 Å². The maximum absolute atomic E-state index is 10.1. The lowest BCUT2D eigenvalue weighted by molar-refractivity contribution is 0.0481. The number of halogens is 1. The molecule has 0 radical (unpaired) electrons.